The van der Waals surface area contributed by atoms with E-state index in [9.17, 15) is 9.59 Å². The molecule has 0 saturated carbocycles. The van der Waals surface area contributed by atoms with Gasteiger partial charge in [-0.2, -0.15) is 5.10 Å². The number of benzene rings is 2. The number of hydrogen-bond acceptors (Lipinski definition) is 4. The Bertz CT molecular complexity index is 745. The molecule has 0 aliphatic rings. The zero-order chi connectivity index (χ0) is 17.4. The summed E-state index contributed by atoms with van der Waals surface area (Å²) in [6.45, 7) is 3.26. The first-order valence-electron chi connectivity index (χ1n) is 7.43. The van der Waals surface area contributed by atoms with Gasteiger partial charge in [0.2, 0.25) is 11.8 Å². The molecule has 24 heavy (non-hydrogen) atoms. The van der Waals surface area contributed by atoms with Crippen LogP contribution in [0.4, 0.5) is 5.69 Å². The van der Waals surface area contributed by atoms with Gasteiger partial charge in [0.1, 0.15) is 0 Å². The molecule has 0 heterocycles. The Balaban J connectivity index is 1.91. The van der Waals surface area contributed by atoms with Gasteiger partial charge in [-0.1, -0.05) is 30.3 Å². The molecule has 2 aromatic carbocycles. The zero-order valence-corrected chi connectivity index (χ0v) is 14.4. The fourth-order valence-corrected chi connectivity index (χ4v) is 2.65. The van der Waals surface area contributed by atoms with E-state index >= 15 is 0 Å². The highest BCUT2D eigenvalue weighted by Gasteiger charge is 2.04. The number of nitrogens with zero attached hydrogens (tertiary/aromatic N) is 1. The minimum Gasteiger partial charge on any atom is -0.326 e. The maximum atomic E-state index is 11.9. The summed E-state index contributed by atoms with van der Waals surface area (Å²) in [5.74, 6) is 0.00130. The quantitative estimate of drug-likeness (QED) is 0.481. The Kier molecular flexibility index (Phi) is 6.57. The molecule has 0 unspecified atom stereocenters. The van der Waals surface area contributed by atoms with Crippen molar-refractivity contribution in [3.05, 3.63) is 60.2 Å². The van der Waals surface area contributed by atoms with Crippen molar-refractivity contribution in [3.63, 3.8) is 0 Å². The van der Waals surface area contributed by atoms with E-state index in [0.717, 1.165) is 10.5 Å². The lowest BCUT2D eigenvalue weighted by Crippen LogP contribution is -2.21. The summed E-state index contributed by atoms with van der Waals surface area (Å²) in [6.07, 6.45) is 0. The first-order valence-corrected chi connectivity index (χ1v) is 8.42. The Morgan fingerprint density at radius 2 is 1.79 bits per heavy atom. The molecule has 2 N–H and O–H groups in total. The SMILES string of the molecule is CC(=O)Nc1cccc(/C(C)=N\NC(=O)CSc2ccccc2)c1. The number of thioether (sulfide) groups is 1. The molecule has 0 atom stereocenters. The monoisotopic (exact) mass is 341 g/mol. The molecule has 0 spiro atoms. The van der Waals surface area contributed by atoms with E-state index in [2.05, 4.69) is 15.8 Å². The van der Waals surface area contributed by atoms with Crippen LogP contribution >= 0.6 is 11.8 Å². The van der Waals surface area contributed by atoms with E-state index < -0.39 is 0 Å². The lowest BCUT2D eigenvalue weighted by atomic mass is 10.1. The van der Waals surface area contributed by atoms with Gasteiger partial charge < -0.3 is 5.32 Å². The highest BCUT2D eigenvalue weighted by Crippen LogP contribution is 2.16. The van der Waals surface area contributed by atoms with E-state index in [1.54, 1.807) is 13.0 Å². The number of amides is 2. The summed E-state index contributed by atoms with van der Waals surface area (Å²) in [4.78, 5) is 24.0. The van der Waals surface area contributed by atoms with Gasteiger partial charge in [0.25, 0.3) is 0 Å². The molecule has 2 aromatic rings. The second kappa shape index (κ2) is 8.88. The van der Waals surface area contributed by atoms with Crippen molar-refractivity contribution in [1.82, 2.24) is 5.43 Å². The second-order valence-corrected chi connectivity index (χ2v) is 6.14. The summed E-state index contributed by atoms with van der Waals surface area (Å²) in [7, 11) is 0. The largest absolute Gasteiger partial charge is 0.326 e. The summed E-state index contributed by atoms with van der Waals surface area (Å²) < 4.78 is 0. The Hall–Kier alpha value is -2.60. The van der Waals surface area contributed by atoms with Gasteiger partial charge in [-0.05, 0) is 36.8 Å². The number of hydrogen-bond donors (Lipinski definition) is 2. The van der Waals surface area contributed by atoms with Gasteiger partial charge in [-0.25, -0.2) is 5.43 Å². The summed E-state index contributed by atoms with van der Waals surface area (Å²) >= 11 is 1.46. The van der Waals surface area contributed by atoms with Gasteiger partial charge >= 0.3 is 0 Å². The average molecular weight is 341 g/mol. The van der Waals surface area contributed by atoms with E-state index in [1.807, 2.05) is 48.5 Å². The van der Waals surface area contributed by atoms with Gasteiger partial charge in [0, 0.05) is 17.5 Å². The Morgan fingerprint density at radius 1 is 1.04 bits per heavy atom. The third kappa shape index (κ3) is 5.89. The lowest BCUT2D eigenvalue weighted by Gasteiger charge is -2.06. The van der Waals surface area contributed by atoms with Crippen molar-refractivity contribution < 1.29 is 9.59 Å². The molecule has 0 radical (unpaired) electrons. The van der Waals surface area contributed by atoms with Crippen molar-refractivity contribution in [2.45, 2.75) is 18.7 Å². The number of rotatable bonds is 6. The number of nitrogens with one attached hydrogen (secondary N) is 2. The third-order valence-corrected chi connectivity index (χ3v) is 4.07. The molecular weight excluding hydrogens is 322 g/mol. The van der Waals surface area contributed by atoms with Crippen LogP contribution in [0.3, 0.4) is 0 Å². The molecule has 0 aliphatic carbocycles. The first-order chi connectivity index (χ1) is 11.5. The van der Waals surface area contributed by atoms with Gasteiger partial charge in [0.05, 0.1) is 11.5 Å². The molecule has 0 aromatic heterocycles. The molecule has 0 saturated heterocycles. The highest BCUT2D eigenvalue weighted by atomic mass is 32.2. The van der Waals surface area contributed by atoms with Crippen LogP contribution in [-0.2, 0) is 9.59 Å². The van der Waals surface area contributed by atoms with Crippen molar-refractivity contribution >= 4 is 35.0 Å². The average Bonchev–Trinajstić information content (AvgIpc) is 2.58. The molecule has 0 fully saturated rings. The van der Waals surface area contributed by atoms with Crippen LogP contribution in [0.2, 0.25) is 0 Å². The molecule has 5 nitrogen and oxygen atoms in total. The molecule has 0 aliphatic heterocycles. The second-order valence-electron chi connectivity index (χ2n) is 5.10. The fraction of sp³-hybridized carbons (Fsp3) is 0.167. The molecule has 0 bridgehead atoms. The molecule has 6 heteroatoms. The minimum atomic E-state index is -0.166. The van der Waals surface area contributed by atoms with Crippen LogP contribution in [-0.4, -0.2) is 23.3 Å². The van der Waals surface area contributed by atoms with E-state index in [4.69, 9.17) is 0 Å². The topological polar surface area (TPSA) is 70.6 Å². The van der Waals surface area contributed by atoms with E-state index in [1.165, 1.54) is 18.7 Å². The Labute approximate surface area is 145 Å². The number of hydrazone groups is 1. The van der Waals surface area contributed by atoms with Crippen LogP contribution in [0.1, 0.15) is 19.4 Å². The summed E-state index contributed by atoms with van der Waals surface area (Å²) in [5, 5.41) is 6.84. The van der Waals surface area contributed by atoms with Crippen molar-refractivity contribution in [2.24, 2.45) is 5.10 Å². The smallest absolute Gasteiger partial charge is 0.250 e. The Morgan fingerprint density at radius 3 is 2.50 bits per heavy atom. The molecule has 124 valence electrons. The fourth-order valence-electron chi connectivity index (χ4n) is 1.93. The predicted octanol–water partition coefficient (Wildman–Crippen LogP) is 3.28. The van der Waals surface area contributed by atoms with Gasteiger partial charge in [-0.3, -0.25) is 9.59 Å². The highest BCUT2D eigenvalue weighted by molar-refractivity contribution is 8.00. The van der Waals surface area contributed by atoms with Crippen LogP contribution < -0.4 is 10.7 Å². The standard InChI is InChI=1S/C18H19N3O2S/c1-13(15-7-6-8-16(11-15)19-14(2)22)20-21-18(23)12-24-17-9-4-3-5-10-17/h3-11H,12H2,1-2H3,(H,19,22)(H,21,23)/b20-13-. The van der Waals surface area contributed by atoms with Gasteiger partial charge in [0.15, 0.2) is 0 Å². The van der Waals surface area contributed by atoms with Crippen LogP contribution in [0, 0.1) is 0 Å². The molecular formula is C18H19N3O2S. The predicted molar refractivity (Wildman–Crippen MR) is 98.3 cm³/mol. The first kappa shape index (κ1) is 17.7. The van der Waals surface area contributed by atoms with Crippen LogP contribution in [0.5, 0.6) is 0 Å². The third-order valence-electron chi connectivity index (χ3n) is 3.06. The van der Waals surface area contributed by atoms with Crippen molar-refractivity contribution in [2.75, 3.05) is 11.1 Å². The summed E-state index contributed by atoms with van der Waals surface area (Å²) in [6, 6.07) is 17.0. The maximum absolute atomic E-state index is 11.9. The van der Waals surface area contributed by atoms with Gasteiger partial charge in [-0.15, -0.1) is 11.8 Å². The number of carbonyl (C=O) groups excluding carboxylic acids is 2. The normalized spacial score (nSPS) is 11.0. The van der Waals surface area contributed by atoms with E-state index in [-0.39, 0.29) is 11.8 Å². The number of anilines is 1. The minimum absolute atomic E-state index is 0.131. The van der Waals surface area contributed by atoms with Crippen molar-refractivity contribution in [1.29, 1.82) is 0 Å². The van der Waals surface area contributed by atoms with E-state index in [0.29, 0.717) is 17.2 Å². The lowest BCUT2D eigenvalue weighted by molar-refractivity contribution is -0.118. The molecule has 2 rings (SSSR count). The maximum Gasteiger partial charge on any atom is 0.250 e. The number of carbonyl (C=O) groups is 2. The van der Waals surface area contributed by atoms with Crippen LogP contribution in [0.25, 0.3) is 0 Å². The summed E-state index contributed by atoms with van der Waals surface area (Å²) in [5.41, 5.74) is 4.74. The molecule has 2 amide bonds. The zero-order valence-electron chi connectivity index (χ0n) is 13.6. The van der Waals surface area contributed by atoms with Crippen molar-refractivity contribution in [3.8, 4) is 0 Å². The van der Waals surface area contributed by atoms with Crippen LogP contribution in [0.15, 0.2) is 64.6 Å².